The monoisotopic (exact) mass is 1110 g/mol. The molecule has 0 bridgehead atoms. The summed E-state index contributed by atoms with van der Waals surface area (Å²) in [6.07, 6.45) is 1.76. The average molecular weight is 1110 g/mol. The molecule has 11 rings (SSSR count). The van der Waals surface area contributed by atoms with Gasteiger partial charge in [0.25, 0.3) is 0 Å². The van der Waals surface area contributed by atoms with Crippen LogP contribution in [-0.4, -0.2) is 32.8 Å². The van der Waals surface area contributed by atoms with Crippen LogP contribution in [0.5, 0.6) is 0 Å². The predicted molar refractivity (Wildman–Crippen MR) is 272 cm³/mol. The van der Waals surface area contributed by atoms with Gasteiger partial charge >= 0.3 is 135 Å². The van der Waals surface area contributed by atoms with E-state index in [1.165, 1.54) is 11.6 Å². The molecule has 8 heteroatoms. The first kappa shape index (κ1) is 40.3. The Morgan fingerprint density at radius 1 is 0.742 bits per heavy atom. The van der Waals surface area contributed by atoms with Crippen molar-refractivity contribution in [1.82, 2.24) is 19.5 Å². The molecule has 0 aliphatic carbocycles. The summed E-state index contributed by atoms with van der Waals surface area (Å²) in [6, 6.07) is 50.8. The van der Waals surface area contributed by atoms with Crippen molar-refractivity contribution in [2.24, 2.45) is 0 Å². The SMILES string of the molecule is CC(C)(C)c1ccc(-n2c(-c3[c-]ccc4c3oc3nc5c(ccc6ccccc65)cc34)nc3c4ccccc4ccc32)cc1.[2H]C([2H])([2H])c1c[c-]c(-c2cc(C([2H])(C)C)[c]([Ge]([CH3])([CH3])[CH3])cn2)c(F)c1.[Ir]. The Kier molecular flexibility index (Phi) is 10.6. The number of hydrogen-bond donors (Lipinski definition) is 0. The van der Waals surface area contributed by atoms with Crippen LogP contribution in [0.25, 0.3) is 93.9 Å². The van der Waals surface area contributed by atoms with Crippen LogP contribution in [0.4, 0.5) is 4.39 Å². The quantitative estimate of drug-likeness (QED) is 0.0979. The maximum Gasteiger partial charge on any atom is 0 e. The number of hydrogen-bond acceptors (Lipinski definition) is 4. The van der Waals surface area contributed by atoms with Gasteiger partial charge in [-0.3, -0.25) is 4.98 Å². The summed E-state index contributed by atoms with van der Waals surface area (Å²) >= 11 is -2.25. The molecule has 66 heavy (non-hydrogen) atoms. The topological polar surface area (TPSA) is 56.7 Å². The first-order valence-corrected chi connectivity index (χ1v) is 29.3. The molecule has 11 aromatic rings. The van der Waals surface area contributed by atoms with Crippen LogP contribution in [-0.2, 0) is 25.5 Å². The van der Waals surface area contributed by atoms with Gasteiger partial charge in [-0.15, -0.1) is 18.2 Å². The van der Waals surface area contributed by atoms with Crippen LogP contribution < -0.4 is 4.40 Å². The van der Waals surface area contributed by atoms with Crippen LogP contribution in [0.1, 0.15) is 62.7 Å². The second-order valence-electron chi connectivity index (χ2n) is 19.1. The van der Waals surface area contributed by atoms with Gasteiger partial charge < -0.3 is 8.98 Å². The minimum absolute atomic E-state index is 0. The molecule has 331 valence electrons. The molecule has 0 N–H and O–H groups in total. The minimum atomic E-state index is -2.37. The van der Waals surface area contributed by atoms with Gasteiger partial charge in [0.15, 0.2) is 0 Å². The maximum absolute atomic E-state index is 14.5. The standard InChI is InChI=1S/C40H28N3O.C18H23FGeN.Ir/c1-40(2,3)27-18-20-28(21-19-27)43-34-22-17-25-10-5-7-12-30(25)36(34)41-38(43)32-14-8-13-31-33-23-26-16-15-24-9-4-6-11-29(24)35(26)42-39(33)44-37(31)32;1-12(2)15-10-18(21-11-17(15)20(4,5)6)14-8-7-13(3)9-16(14)19;/h4-13,15-23H,1-3H3;7,9-12H,1-6H3;/q2*-1;/i;3D3,12D;. The van der Waals surface area contributed by atoms with E-state index in [2.05, 4.69) is 169 Å². The van der Waals surface area contributed by atoms with E-state index in [1.807, 2.05) is 6.07 Å². The van der Waals surface area contributed by atoms with Crippen LogP contribution >= 0.6 is 0 Å². The first-order chi connectivity index (χ1) is 32.6. The van der Waals surface area contributed by atoms with Crippen molar-refractivity contribution >= 4 is 83.2 Å². The molecular formula is C58H51FGeIrN4O-2. The second-order valence-corrected chi connectivity index (χ2v) is 29.7. The van der Waals surface area contributed by atoms with Crippen molar-refractivity contribution in [3.05, 3.63) is 174 Å². The summed E-state index contributed by atoms with van der Waals surface area (Å²) in [7, 11) is 0. The Hall–Kier alpha value is -5.99. The molecule has 1 radical (unpaired) electrons. The van der Waals surface area contributed by atoms with E-state index in [4.69, 9.17) is 19.9 Å². The molecule has 0 aliphatic rings. The fraction of sp³-hybridized carbons (Fsp3) is 0.190. The van der Waals surface area contributed by atoms with Gasteiger partial charge in [-0.25, -0.2) is 4.98 Å². The van der Waals surface area contributed by atoms with Crippen molar-refractivity contribution in [1.29, 1.82) is 0 Å². The van der Waals surface area contributed by atoms with E-state index < -0.39 is 31.8 Å². The summed E-state index contributed by atoms with van der Waals surface area (Å²) in [5.41, 5.74) is 8.76. The number of pyridine rings is 2. The Labute approximate surface area is 407 Å². The number of halogens is 1. The van der Waals surface area contributed by atoms with Gasteiger partial charge in [0.2, 0.25) is 5.71 Å². The Bertz CT molecular complexity index is 3810. The predicted octanol–water partition coefficient (Wildman–Crippen LogP) is 15.2. The summed E-state index contributed by atoms with van der Waals surface area (Å²) in [5.74, 6) is 5.97. The number of aromatic nitrogens is 4. The number of rotatable bonds is 5. The minimum Gasteiger partial charge on any atom is 0 e. The first-order valence-electron chi connectivity index (χ1n) is 24.0. The zero-order chi connectivity index (χ0) is 48.8. The summed E-state index contributed by atoms with van der Waals surface area (Å²) in [6.45, 7) is 7.96. The van der Waals surface area contributed by atoms with Gasteiger partial charge in [-0.1, -0.05) is 111 Å². The molecular weight excluding hydrogens is 1050 g/mol. The second kappa shape index (κ2) is 17.3. The number of fused-ring (bicyclic) bond motifs is 9. The normalized spacial score (nSPS) is 13.3. The van der Waals surface area contributed by atoms with Crippen molar-refractivity contribution in [2.75, 3.05) is 0 Å². The molecule has 0 saturated heterocycles. The Morgan fingerprint density at radius 2 is 1.42 bits per heavy atom. The molecule has 7 aromatic carbocycles. The average Bonchev–Trinajstić information content (AvgIpc) is 3.88. The van der Waals surface area contributed by atoms with Crippen molar-refractivity contribution in [3.63, 3.8) is 0 Å². The molecule has 0 fully saturated rings. The van der Waals surface area contributed by atoms with E-state index in [-0.39, 0.29) is 36.6 Å². The number of aryl methyl sites for hydroxylation is 1. The smallest absolute Gasteiger partial charge is 0 e. The molecule has 4 heterocycles. The molecule has 4 aromatic heterocycles. The Balaban J connectivity index is 0.000000201. The van der Waals surface area contributed by atoms with Gasteiger partial charge in [-0.05, 0) is 46.0 Å². The third-order valence-electron chi connectivity index (χ3n) is 12.3. The van der Waals surface area contributed by atoms with Crippen molar-refractivity contribution < 1.29 is 34.4 Å². The van der Waals surface area contributed by atoms with Gasteiger partial charge in [0.1, 0.15) is 0 Å². The van der Waals surface area contributed by atoms with Crippen LogP contribution in [0, 0.1) is 24.8 Å². The largest absolute Gasteiger partial charge is 0 e. The van der Waals surface area contributed by atoms with Crippen LogP contribution in [0.15, 0.2) is 144 Å². The van der Waals surface area contributed by atoms with E-state index in [9.17, 15) is 4.39 Å². The van der Waals surface area contributed by atoms with E-state index in [1.54, 1.807) is 26.1 Å². The van der Waals surface area contributed by atoms with Crippen molar-refractivity contribution in [2.45, 2.75) is 70.0 Å². The molecule has 0 atom stereocenters. The fourth-order valence-corrected chi connectivity index (χ4v) is 12.2. The van der Waals surface area contributed by atoms with Crippen LogP contribution in [0.2, 0.25) is 17.3 Å². The zero-order valence-corrected chi connectivity index (χ0v) is 42.7. The summed E-state index contributed by atoms with van der Waals surface area (Å²) < 4.78 is 55.0. The molecule has 0 amide bonds. The summed E-state index contributed by atoms with van der Waals surface area (Å²) in [4.78, 5) is 14.8. The van der Waals surface area contributed by atoms with E-state index in [0.29, 0.717) is 11.4 Å². The molecule has 5 nitrogen and oxygen atoms in total. The molecule has 0 aliphatic heterocycles. The molecule has 0 spiro atoms. The number of furan rings is 1. The third-order valence-corrected chi connectivity index (χ3v) is 16.5. The Morgan fingerprint density at radius 3 is 2.09 bits per heavy atom. The molecule has 0 unspecified atom stereocenters. The number of imidazole rings is 1. The van der Waals surface area contributed by atoms with E-state index in [0.717, 1.165) is 92.9 Å². The zero-order valence-electron chi connectivity index (χ0n) is 42.2. The van der Waals surface area contributed by atoms with E-state index >= 15 is 0 Å². The van der Waals surface area contributed by atoms with Gasteiger partial charge in [0, 0.05) is 47.3 Å². The van der Waals surface area contributed by atoms with Crippen molar-refractivity contribution in [3.8, 4) is 28.3 Å². The fourth-order valence-electron chi connectivity index (χ4n) is 8.85. The van der Waals surface area contributed by atoms with Gasteiger partial charge in [-0.2, -0.15) is 0 Å². The summed E-state index contributed by atoms with van der Waals surface area (Å²) in [5, 5.41) is 7.64. The maximum atomic E-state index is 14.5. The number of nitrogens with zero attached hydrogens (tertiary/aromatic N) is 4. The number of benzene rings is 7. The third kappa shape index (κ3) is 8.16. The van der Waals surface area contributed by atoms with Crippen LogP contribution in [0.3, 0.4) is 0 Å². The van der Waals surface area contributed by atoms with Gasteiger partial charge in [0.05, 0.1) is 28.0 Å². The molecule has 0 saturated carbocycles.